The molecular weight excluding hydrogens is 230 g/mol. The topological polar surface area (TPSA) is 12.0 Å². The van der Waals surface area contributed by atoms with Crippen LogP contribution in [0.3, 0.4) is 0 Å². The zero-order valence-corrected chi connectivity index (χ0v) is 13.9. The molecule has 0 aromatic rings. The highest BCUT2D eigenvalue weighted by Crippen LogP contribution is 2.34. The molecule has 114 valence electrons. The van der Waals surface area contributed by atoms with Gasteiger partial charge in [0.25, 0.3) is 0 Å². The van der Waals surface area contributed by atoms with Crippen LogP contribution >= 0.6 is 0 Å². The first-order valence-corrected chi connectivity index (χ1v) is 8.92. The molecule has 2 atom stereocenters. The number of hydrogen-bond acceptors (Lipinski definition) is 1. The summed E-state index contributed by atoms with van der Waals surface area (Å²) in [5.41, 5.74) is 0. The summed E-state index contributed by atoms with van der Waals surface area (Å²) in [6.45, 7) is 7.05. The van der Waals surface area contributed by atoms with Gasteiger partial charge in [0.1, 0.15) is 0 Å². The summed E-state index contributed by atoms with van der Waals surface area (Å²) in [6, 6.07) is 0.777. The monoisotopic (exact) mass is 267 g/mol. The van der Waals surface area contributed by atoms with Crippen molar-refractivity contribution in [3.63, 3.8) is 0 Å². The Morgan fingerprint density at radius 3 is 2.21 bits per heavy atom. The van der Waals surface area contributed by atoms with Gasteiger partial charge in [-0.2, -0.15) is 0 Å². The fourth-order valence-electron chi connectivity index (χ4n) is 3.89. The van der Waals surface area contributed by atoms with Crippen LogP contribution in [-0.2, 0) is 0 Å². The van der Waals surface area contributed by atoms with Gasteiger partial charge in [0.2, 0.25) is 0 Å². The van der Waals surface area contributed by atoms with E-state index in [1.165, 1.54) is 64.2 Å². The minimum atomic E-state index is 0.777. The molecule has 2 unspecified atom stereocenters. The Labute approximate surface area is 121 Å². The lowest BCUT2D eigenvalue weighted by atomic mass is 9.75. The zero-order valence-electron chi connectivity index (χ0n) is 13.9. The smallest absolute Gasteiger partial charge is 0.00949 e. The SMILES string of the molecule is CCCCC(CC)CC(NC)C1CCC(CC)CC1. The summed E-state index contributed by atoms with van der Waals surface area (Å²) in [6.07, 6.45) is 14.3. The first-order chi connectivity index (χ1) is 9.24. The van der Waals surface area contributed by atoms with E-state index in [2.05, 4.69) is 33.1 Å². The van der Waals surface area contributed by atoms with Crippen molar-refractivity contribution in [2.75, 3.05) is 7.05 Å². The molecule has 0 amide bonds. The van der Waals surface area contributed by atoms with Gasteiger partial charge in [0.05, 0.1) is 0 Å². The second-order valence-electron chi connectivity index (χ2n) is 6.74. The van der Waals surface area contributed by atoms with Gasteiger partial charge in [0, 0.05) is 6.04 Å². The van der Waals surface area contributed by atoms with Gasteiger partial charge >= 0.3 is 0 Å². The predicted octanol–water partition coefficient (Wildman–Crippen LogP) is 5.40. The van der Waals surface area contributed by atoms with Gasteiger partial charge in [-0.15, -0.1) is 0 Å². The molecule has 19 heavy (non-hydrogen) atoms. The lowest BCUT2D eigenvalue weighted by Gasteiger charge is -2.35. The third kappa shape index (κ3) is 5.85. The second-order valence-corrected chi connectivity index (χ2v) is 6.74. The van der Waals surface area contributed by atoms with Crippen LogP contribution in [0.1, 0.15) is 85.0 Å². The van der Waals surface area contributed by atoms with Crippen molar-refractivity contribution in [1.29, 1.82) is 0 Å². The average Bonchev–Trinajstić information content (AvgIpc) is 2.48. The van der Waals surface area contributed by atoms with E-state index in [0.29, 0.717) is 0 Å². The molecule has 0 heterocycles. The highest BCUT2D eigenvalue weighted by atomic mass is 14.9. The maximum absolute atomic E-state index is 3.65. The summed E-state index contributed by atoms with van der Waals surface area (Å²) in [5, 5.41) is 3.65. The van der Waals surface area contributed by atoms with Gasteiger partial charge in [-0.3, -0.25) is 0 Å². The summed E-state index contributed by atoms with van der Waals surface area (Å²) in [5.74, 6) is 2.92. The Hall–Kier alpha value is -0.0400. The van der Waals surface area contributed by atoms with E-state index in [9.17, 15) is 0 Å². The van der Waals surface area contributed by atoms with Crippen LogP contribution in [0.25, 0.3) is 0 Å². The van der Waals surface area contributed by atoms with Gasteiger partial charge in [-0.25, -0.2) is 0 Å². The predicted molar refractivity (Wildman–Crippen MR) is 86.5 cm³/mol. The van der Waals surface area contributed by atoms with Crippen LogP contribution < -0.4 is 5.32 Å². The van der Waals surface area contributed by atoms with Crippen molar-refractivity contribution in [1.82, 2.24) is 5.32 Å². The fourth-order valence-corrected chi connectivity index (χ4v) is 3.89. The molecule has 0 aromatic carbocycles. The Morgan fingerprint density at radius 2 is 1.74 bits per heavy atom. The first kappa shape index (κ1) is 17.0. The van der Waals surface area contributed by atoms with Crippen molar-refractivity contribution in [2.45, 2.75) is 91.0 Å². The van der Waals surface area contributed by atoms with Crippen LogP contribution in [0, 0.1) is 17.8 Å². The minimum Gasteiger partial charge on any atom is -0.317 e. The summed E-state index contributed by atoms with van der Waals surface area (Å²) in [7, 11) is 2.18. The summed E-state index contributed by atoms with van der Waals surface area (Å²) >= 11 is 0. The Balaban J connectivity index is 2.39. The summed E-state index contributed by atoms with van der Waals surface area (Å²) in [4.78, 5) is 0. The Kier molecular flexibility index (Phi) is 8.77. The third-order valence-electron chi connectivity index (χ3n) is 5.54. The van der Waals surface area contributed by atoms with E-state index in [-0.39, 0.29) is 0 Å². The van der Waals surface area contributed by atoms with Crippen LogP contribution in [0.5, 0.6) is 0 Å². The molecule has 0 spiro atoms. The maximum atomic E-state index is 3.65. The lowest BCUT2D eigenvalue weighted by molar-refractivity contribution is 0.197. The Bertz CT molecular complexity index is 206. The van der Waals surface area contributed by atoms with Crippen molar-refractivity contribution in [3.05, 3.63) is 0 Å². The molecule has 1 nitrogen and oxygen atoms in total. The van der Waals surface area contributed by atoms with E-state index >= 15 is 0 Å². The van der Waals surface area contributed by atoms with Crippen molar-refractivity contribution in [3.8, 4) is 0 Å². The average molecular weight is 268 g/mol. The van der Waals surface area contributed by atoms with Gasteiger partial charge in [0.15, 0.2) is 0 Å². The molecule has 0 bridgehead atoms. The molecule has 1 N–H and O–H groups in total. The summed E-state index contributed by atoms with van der Waals surface area (Å²) < 4.78 is 0. The molecule has 1 heteroatoms. The third-order valence-corrected chi connectivity index (χ3v) is 5.54. The minimum absolute atomic E-state index is 0.777. The molecule has 1 aliphatic carbocycles. The molecule has 1 saturated carbocycles. The maximum Gasteiger partial charge on any atom is 0.00949 e. The van der Waals surface area contributed by atoms with E-state index in [1.807, 2.05) is 0 Å². The largest absolute Gasteiger partial charge is 0.317 e. The van der Waals surface area contributed by atoms with Crippen molar-refractivity contribution >= 4 is 0 Å². The molecular formula is C18H37N. The van der Waals surface area contributed by atoms with Crippen LogP contribution in [0.4, 0.5) is 0 Å². The van der Waals surface area contributed by atoms with E-state index in [1.54, 1.807) is 0 Å². The number of unbranched alkanes of at least 4 members (excludes halogenated alkanes) is 1. The molecule has 1 aliphatic rings. The normalized spacial score (nSPS) is 27.2. The zero-order chi connectivity index (χ0) is 14.1. The lowest BCUT2D eigenvalue weighted by Crippen LogP contribution is -2.37. The molecule has 0 aliphatic heterocycles. The fraction of sp³-hybridized carbons (Fsp3) is 1.00. The highest BCUT2D eigenvalue weighted by Gasteiger charge is 2.27. The number of nitrogens with one attached hydrogen (secondary N) is 1. The second kappa shape index (κ2) is 9.80. The van der Waals surface area contributed by atoms with Gasteiger partial charge in [-0.05, 0) is 44.1 Å². The molecule has 0 aromatic heterocycles. The number of hydrogen-bond donors (Lipinski definition) is 1. The van der Waals surface area contributed by atoms with Crippen molar-refractivity contribution < 1.29 is 0 Å². The quantitative estimate of drug-likeness (QED) is 0.590. The van der Waals surface area contributed by atoms with Crippen LogP contribution in [-0.4, -0.2) is 13.1 Å². The van der Waals surface area contributed by atoms with E-state index in [4.69, 9.17) is 0 Å². The molecule has 1 rings (SSSR count). The van der Waals surface area contributed by atoms with Gasteiger partial charge < -0.3 is 5.32 Å². The molecule has 0 radical (unpaired) electrons. The number of rotatable bonds is 9. The highest BCUT2D eigenvalue weighted by molar-refractivity contribution is 4.82. The van der Waals surface area contributed by atoms with Crippen LogP contribution in [0.15, 0.2) is 0 Å². The van der Waals surface area contributed by atoms with Crippen molar-refractivity contribution in [2.24, 2.45) is 17.8 Å². The molecule has 1 fully saturated rings. The first-order valence-electron chi connectivity index (χ1n) is 8.92. The van der Waals surface area contributed by atoms with Crippen LogP contribution in [0.2, 0.25) is 0 Å². The standard InChI is InChI=1S/C18H37N/c1-5-8-9-16(7-3)14-18(19-4)17-12-10-15(6-2)11-13-17/h15-19H,5-14H2,1-4H3. The Morgan fingerprint density at radius 1 is 1.05 bits per heavy atom. The molecule has 0 saturated heterocycles. The van der Waals surface area contributed by atoms with E-state index < -0.39 is 0 Å². The van der Waals surface area contributed by atoms with Gasteiger partial charge in [-0.1, -0.05) is 65.7 Å². The van der Waals surface area contributed by atoms with E-state index in [0.717, 1.165) is 23.8 Å².